The number of rotatable bonds is 10. The third kappa shape index (κ3) is 6.90. The maximum absolute atomic E-state index is 13.3. The van der Waals surface area contributed by atoms with Gasteiger partial charge in [-0.15, -0.1) is 0 Å². The topological polar surface area (TPSA) is 144 Å². The number of hydrogen-bond donors (Lipinski definition) is 1. The normalized spacial score (nSPS) is 15.8. The number of esters is 2. The molecule has 5 rings (SSSR count). The summed E-state index contributed by atoms with van der Waals surface area (Å²) in [6, 6.07) is 20.8. The summed E-state index contributed by atoms with van der Waals surface area (Å²) in [4.78, 5) is 73.6. The van der Waals surface area contributed by atoms with E-state index >= 15 is 0 Å². The van der Waals surface area contributed by atoms with E-state index in [0.717, 1.165) is 33.4 Å². The van der Waals surface area contributed by atoms with Crippen LogP contribution in [0.3, 0.4) is 0 Å². The number of fused-ring (bicyclic) bond motifs is 3. The summed E-state index contributed by atoms with van der Waals surface area (Å²) >= 11 is 0. The summed E-state index contributed by atoms with van der Waals surface area (Å²) in [6.45, 7) is 2.46. The first-order chi connectivity index (χ1) is 20.6. The van der Waals surface area contributed by atoms with Crippen LogP contribution in [0.1, 0.15) is 42.5 Å². The molecular weight excluding hydrogens is 558 g/mol. The number of Topliss-reactive ketones (excluding diaryl/α,β-unsaturated/α-hetero) is 1. The molecule has 0 spiro atoms. The number of ether oxygens (including phenoxy) is 3. The Morgan fingerprint density at radius 1 is 0.884 bits per heavy atom. The standard InChI is InChI=1S/C32H29NO10/c1-32(2)41-29(36)27(30(37)42-32)28(35)25(16-26(34)43-40-17-19-9-4-3-5-10-19)33-31(38)39-18-21-12-8-14-23-22-13-7-6-11-20(22)15-24(21)23/h3-14,25,27H,15-18H2,1-2H3,(H,33,38)/t25-/m1/s1. The molecule has 1 amide bonds. The molecule has 1 atom stereocenters. The highest BCUT2D eigenvalue weighted by molar-refractivity contribution is 6.18. The summed E-state index contributed by atoms with van der Waals surface area (Å²) in [5.74, 6) is -8.09. The molecular formula is C32H29NO10. The van der Waals surface area contributed by atoms with E-state index in [1.165, 1.54) is 13.8 Å². The molecule has 1 aliphatic carbocycles. The first-order valence-electron chi connectivity index (χ1n) is 13.6. The lowest BCUT2D eigenvalue weighted by Crippen LogP contribution is -2.54. The smallest absolute Gasteiger partial charge is 0.408 e. The number of carbonyl (C=O) groups excluding carboxylic acids is 5. The van der Waals surface area contributed by atoms with Crippen molar-refractivity contribution in [2.75, 3.05) is 0 Å². The Kier molecular flexibility index (Phi) is 8.53. The van der Waals surface area contributed by atoms with Gasteiger partial charge in [-0.1, -0.05) is 72.8 Å². The maximum atomic E-state index is 13.3. The van der Waals surface area contributed by atoms with Gasteiger partial charge in [0.2, 0.25) is 5.92 Å². The van der Waals surface area contributed by atoms with Crippen LogP contribution in [0.5, 0.6) is 0 Å². The van der Waals surface area contributed by atoms with Crippen LogP contribution in [-0.2, 0) is 62.8 Å². The van der Waals surface area contributed by atoms with Crippen molar-refractivity contribution in [3.63, 3.8) is 0 Å². The van der Waals surface area contributed by atoms with E-state index in [0.29, 0.717) is 6.42 Å². The van der Waals surface area contributed by atoms with Crippen molar-refractivity contribution in [3.05, 3.63) is 95.1 Å². The van der Waals surface area contributed by atoms with Crippen molar-refractivity contribution < 1.29 is 48.0 Å². The van der Waals surface area contributed by atoms with Crippen molar-refractivity contribution in [1.29, 1.82) is 0 Å². The van der Waals surface area contributed by atoms with E-state index < -0.39 is 54.0 Å². The zero-order chi connectivity index (χ0) is 30.6. The van der Waals surface area contributed by atoms with Crippen molar-refractivity contribution in [1.82, 2.24) is 5.32 Å². The van der Waals surface area contributed by atoms with Crippen molar-refractivity contribution >= 4 is 29.8 Å². The molecule has 0 aromatic heterocycles. The maximum Gasteiger partial charge on any atom is 0.408 e. The fourth-order valence-electron chi connectivity index (χ4n) is 5.00. The zero-order valence-electron chi connectivity index (χ0n) is 23.5. The third-order valence-corrected chi connectivity index (χ3v) is 6.98. The molecule has 0 bridgehead atoms. The molecule has 3 aromatic rings. The Hall–Kier alpha value is -5.03. The molecule has 0 saturated carbocycles. The van der Waals surface area contributed by atoms with Crippen LogP contribution in [0.4, 0.5) is 4.79 Å². The first kappa shape index (κ1) is 29.5. The highest BCUT2D eigenvalue weighted by atomic mass is 17.2. The second kappa shape index (κ2) is 12.5. The SMILES string of the molecule is CC1(C)OC(=O)C(C(=O)[C@@H](CC(=O)OOCc2ccccc2)NC(=O)OCc2cccc3c2Cc2ccccc2-3)C(=O)O1. The molecule has 1 fully saturated rings. The third-order valence-electron chi connectivity index (χ3n) is 6.98. The van der Waals surface area contributed by atoms with Crippen molar-refractivity contribution in [2.24, 2.45) is 5.92 Å². The Morgan fingerprint density at radius 3 is 2.30 bits per heavy atom. The van der Waals surface area contributed by atoms with Crippen LogP contribution in [0.2, 0.25) is 0 Å². The monoisotopic (exact) mass is 587 g/mol. The van der Waals surface area contributed by atoms with Gasteiger partial charge in [0.05, 0.1) is 6.42 Å². The summed E-state index contributed by atoms with van der Waals surface area (Å²) < 4.78 is 15.5. The summed E-state index contributed by atoms with van der Waals surface area (Å²) in [5.41, 5.74) is 5.80. The fraction of sp³-hybridized carbons (Fsp3) is 0.281. The predicted octanol–water partition coefficient (Wildman–Crippen LogP) is 3.94. The second-order valence-electron chi connectivity index (χ2n) is 10.5. The van der Waals surface area contributed by atoms with Crippen LogP contribution in [-0.4, -0.2) is 41.6 Å². The van der Waals surface area contributed by atoms with Crippen LogP contribution in [0, 0.1) is 5.92 Å². The zero-order valence-corrected chi connectivity index (χ0v) is 23.5. The molecule has 1 N–H and O–H groups in total. The molecule has 3 aromatic carbocycles. The van der Waals surface area contributed by atoms with Gasteiger partial charge in [0.25, 0.3) is 5.79 Å². The number of ketones is 1. The van der Waals surface area contributed by atoms with E-state index in [1.807, 2.05) is 48.5 Å². The molecule has 11 heteroatoms. The Labute approximate surface area is 246 Å². The molecule has 2 aliphatic rings. The fourth-order valence-corrected chi connectivity index (χ4v) is 5.00. The van der Waals surface area contributed by atoms with Crippen LogP contribution >= 0.6 is 0 Å². The average molecular weight is 588 g/mol. The quantitative estimate of drug-likeness (QED) is 0.125. The van der Waals surface area contributed by atoms with Crippen LogP contribution in [0.25, 0.3) is 11.1 Å². The average Bonchev–Trinajstić information content (AvgIpc) is 3.34. The predicted molar refractivity (Wildman–Crippen MR) is 148 cm³/mol. The molecule has 0 radical (unpaired) electrons. The largest absolute Gasteiger partial charge is 0.445 e. The Balaban J connectivity index is 1.25. The minimum Gasteiger partial charge on any atom is -0.445 e. The Morgan fingerprint density at radius 2 is 1.56 bits per heavy atom. The van der Waals surface area contributed by atoms with Gasteiger partial charge < -0.3 is 19.5 Å². The van der Waals surface area contributed by atoms with Gasteiger partial charge in [-0.05, 0) is 39.8 Å². The van der Waals surface area contributed by atoms with Gasteiger partial charge in [0.15, 0.2) is 5.78 Å². The molecule has 11 nitrogen and oxygen atoms in total. The number of carbonyl (C=O) groups is 5. The lowest BCUT2D eigenvalue weighted by atomic mass is 9.95. The molecule has 222 valence electrons. The minimum atomic E-state index is -2.02. The van der Waals surface area contributed by atoms with E-state index in [4.69, 9.17) is 24.0 Å². The summed E-state index contributed by atoms with van der Waals surface area (Å²) in [5, 5.41) is 2.29. The minimum absolute atomic E-state index is 0.0672. The van der Waals surface area contributed by atoms with Crippen molar-refractivity contribution in [2.45, 2.75) is 51.7 Å². The molecule has 43 heavy (non-hydrogen) atoms. The molecule has 1 saturated heterocycles. The van der Waals surface area contributed by atoms with Gasteiger partial charge in [-0.25, -0.2) is 9.59 Å². The van der Waals surface area contributed by atoms with Gasteiger partial charge in [-0.3, -0.25) is 19.3 Å². The first-order valence-corrected chi connectivity index (χ1v) is 13.6. The second-order valence-corrected chi connectivity index (χ2v) is 10.5. The Bertz CT molecular complexity index is 1550. The molecule has 0 unspecified atom stereocenters. The number of amides is 1. The number of alkyl carbamates (subject to hydrolysis) is 1. The summed E-state index contributed by atoms with van der Waals surface area (Å²) in [6.07, 6.45) is -1.15. The van der Waals surface area contributed by atoms with Gasteiger partial charge in [-0.2, -0.15) is 4.89 Å². The number of hydrogen-bond acceptors (Lipinski definition) is 10. The highest BCUT2D eigenvalue weighted by Gasteiger charge is 2.49. The van der Waals surface area contributed by atoms with Gasteiger partial charge >= 0.3 is 24.0 Å². The van der Waals surface area contributed by atoms with Crippen LogP contribution < -0.4 is 5.32 Å². The van der Waals surface area contributed by atoms with Gasteiger partial charge in [0, 0.05) is 13.8 Å². The molecule has 1 aliphatic heterocycles. The van der Waals surface area contributed by atoms with E-state index in [-0.39, 0.29) is 13.2 Å². The van der Waals surface area contributed by atoms with Gasteiger partial charge in [0.1, 0.15) is 19.3 Å². The number of benzene rings is 3. The van der Waals surface area contributed by atoms with E-state index in [1.54, 1.807) is 24.3 Å². The number of nitrogens with one attached hydrogen (secondary N) is 1. The molecule has 1 heterocycles. The lowest BCUT2D eigenvalue weighted by Gasteiger charge is -2.33. The van der Waals surface area contributed by atoms with E-state index in [2.05, 4.69) is 5.32 Å². The highest BCUT2D eigenvalue weighted by Crippen LogP contribution is 2.38. The van der Waals surface area contributed by atoms with E-state index in [9.17, 15) is 24.0 Å². The summed E-state index contributed by atoms with van der Waals surface area (Å²) in [7, 11) is 0. The van der Waals surface area contributed by atoms with Crippen LogP contribution in [0.15, 0.2) is 72.8 Å². The van der Waals surface area contributed by atoms with Crippen molar-refractivity contribution in [3.8, 4) is 11.1 Å². The lowest BCUT2D eigenvalue weighted by molar-refractivity contribution is -0.280. The number of cyclic esters (lactones) is 2.